The predicted octanol–water partition coefficient (Wildman–Crippen LogP) is 4.15. The van der Waals surface area contributed by atoms with Crippen molar-refractivity contribution in [2.45, 2.75) is 37.1 Å². The van der Waals surface area contributed by atoms with Crippen molar-refractivity contribution in [1.82, 2.24) is 0 Å². The summed E-state index contributed by atoms with van der Waals surface area (Å²) < 4.78 is 0. The molecule has 2 rings (SSSR count). The predicted molar refractivity (Wildman–Crippen MR) is 80.9 cm³/mol. The average Bonchev–Trinajstić information content (AvgIpc) is 2.39. The van der Waals surface area contributed by atoms with Gasteiger partial charge in [-0.2, -0.15) is 0 Å². The van der Waals surface area contributed by atoms with Crippen molar-refractivity contribution < 1.29 is 5.11 Å². The highest BCUT2D eigenvalue weighted by Gasteiger charge is 2.21. The third-order valence-corrected chi connectivity index (χ3v) is 4.87. The van der Waals surface area contributed by atoms with Crippen LogP contribution in [0.25, 0.3) is 0 Å². The molecule has 1 fully saturated rings. The number of hydrogen-bond acceptors (Lipinski definition) is 2. The molecule has 1 heterocycles. The highest BCUT2D eigenvalue weighted by molar-refractivity contribution is 9.09. The van der Waals surface area contributed by atoms with Crippen molar-refractivity contribution in [3.63, 3.8) is 0 Å². The zero-order valence-corrected chi connectivity index (χ0v) is 12.9. The standard InChI is InChI=1S/C14H19BrClNO/c1-2-13(15)12-9-10(16)3-4-14(12)17-7-5-11(18)6-8-17/h3-4,9,11,13,18H,2,5-8H2,1H3. The van der Waals surface area contributed by atoms with Crippen LogP contribution in [-0.4, -0.2) is 24.3 Å². The van der Waals surface area contributed by atoms with E-state index in [1.165, 1.54) is 11.3 Å². The van der Waals surface area contributed by atoms with E-state index in [1.807, 2.05) is 12.1 Å². The number of halogens is 2. The minimum absolute atomic E-state index is 0.136. The van der Waals surface area contributed by atoms with Crippen LogP contribution in [0, 0.1) is 0 Å². The fourth-order valence-electron chi connectivity index (χ4n) is 2.39. The first kappa shape index (κ1) is 14.2. The van der Waals surface area contributed by atoms with Crippen LogP contribution in [0.3, 0.4) is 0 Å². The number of rotatable bonds is 3. The Bertz CT molecular complexity index is 405. The highest BCUT2D eigenvalue weighted by atomic mass is 79.9. The molecule has 1 aromatic rings. The molecular formula is C14H19BrClNO. The van der Waals surface area contributed by atoms with Gasteiger partial charge in [-0.05, 0) is 43.0 Å². The van der Waals surface area contributed by atoms with Gasteiger partial charge in [0, 0.05) is 28.6 Å². The first-order chi connectivity index (χ1) is 8.61. The number of benzene rings is 1. The van der Waals surface area contributed by atoms with Crippen molar-refractivity contribution in [2.24, 2.45) is 0 Å². The Morgan fingerprint density at radius 2 is 2.11 bits per heavy atom. The number of piperidine rings is 1. The van der Waals surface area contributed by atoms with Crippen LogP contribution in [0.2, 0.25) is 5.02 Å². The Morgan fingerprint density at radius 3 is 2.72 bits per heavy atom. The number of nitrogens with zero attached hydrogens (tertiary/aromatic N) is 1. The van der Waals surface area contributed by atoms with Gasteiger partial charge in [0.15, 0.2) is 0 Å². The lowest BCUT2D eigenvalue weighted by Crippen LogP contribution is -2.36. The van der Waals surface area contributed by atoms with Crippen LogP contribution in [-0.2, 0) is 0 Å². The van der Waals surface area contributed by atoms with Crippen molar-refractivity contribution >= 4 is 33.2 Å². The van der Waals surface area contributed by atoms with E-state index in [1.54, 1.807) is 0 Å². The normalized spacial score (nSPS) is 19.0. The number of aliphatic hydroxyl groups excluding tert-OH is 1. The van der Waals surface area contributed by atoms with E-state index in [9.17, 15) is 5.11 Å². The van der Waals surface area contributed by atoms with Gasteiger partial charge in [-0.1, -0.05) is 34.5 Å². The zero-order valence-electron chi connectivity index (χ0n) is 10.6. The molecule has 1 aromatic carbocycles. The molecule has 0 aliphatic carbocycles. The first-order valence-electron chi connectivity index (χ1n) is 6.48. The maximum Gasteiger partial charge on any atom is 0.0574 e. The maximum atomic E-state index is 9.59. The Kier molecular flexibility index (Phi) is 4.93. The Labute approximate surface area is 122 Å². The second kappa shape index (κ2) is 6.27. The lowest BCUT2D eigenvalue weighted by molar-refractivity contribution is 0.145. The first-order valence-corrected chi connectivity index (χ1v) is 7.77. The molecule has 18 heavy (non-hydrogen) atoms. The molecule has 1 atom stereocenters. The summed E-state index contributed by atoms with van der Waals surface area (Å²) in [6.45, 7) is 3.99. The monoisotopic (exact) mass is 331 g/mol. The molecule has 2 nitrogen and oxygen atoms in total. The van der Waals surface area contributed by atoms with Gasteiger partial charge >= 0.3 is 0 Å². The molecule has 0 saturated carbocycles. The largest absolute Gasteiger partial charge is 0.393 e. The molecule has 1 N–H and O–H groups in total. The van der Waals surface area contributed by atoms with Crippen molar-refractivity contribution in [2.75, 3.05) is 18.0 Å². The summed E-state index contributed by atoms with van der Waals surface area (Å²) >= 11 is 9.81. The minimum atomic E-state index is -0.136. The third kappa shape index (κ3) is 3.19. The molecule has 1 unspecified atom stereocenters. The van der Waals surface area contributed by atoms with E-state index in [-0.39, 0.29) is 6.10 Å². The van der Waals surface area contributed by atoms with E-state index in [0.717, 1.165) is 37.4 Å². The Hall–Kier alpha value is -0.250. The number of anilines is 1. The van der Waals surface area contributed by atoms with Crippen molar-refractivity contribution in [3.8, 4) is 0 Å². The SMILES string of the molecule is CCC(Br)c1cc(Cl)ccc1N1CCC(O)CC1. The van der Waals surface area contributed by atoms with E-state index < -0.39 is 0 Å². The molecular weight excluding hydrogens is 314 g/mol. The molecule has 0 spiro atoms. The summed E-state index contributed by atoms with van der Waals surface area (Å²) in [6, 6.07) is 6.09. The third-order valence-electron chi connectivity index (χ3n) is 3.49. The lowest BCUT2D eigenvalue weighted by Gasteiger charge is -2.33. The molecule has 1 aliphatic heterocycles. The topological polar surface area (TPSA) is 23.5 Å². The van der Waals surface area contributed by atoms with Gasteiger partial charge in [0.25, 0.3) is 0 Å². The molecule has 0 aromatic heterocycles. The second-order valence-corrected chi connectivity index (χ2v) is 6.34. The average molecular weight is 333 g/mol. The summed E-state index contributed by atoms with van der Waals surface area (Å²) in [5.74, 6) is 0. The van der Waals surface area contributed by atoms with Gasteiger partial charge in [0.05, 0.1) is 6.10 Å². The van der Waals surface area contributed by atoms with Crippen LogP contribution in [0.4, 0.5) is 5.69 Å². The van der Waals surface area contributed by atoms with Gasteiger partial charge < -0.3 is 10.0 Å². The molecule has 0 amide bonds. The summed E-state index contributed by atoms with van der Waals surface area (Å²) in [5, 5.41) is 10.4. The summed E-state index contributed by atoms with van der Waals surface area (Å²) in [4.78, 5) is 2.68. The smallest absolute Gasteiger partial charge is 0.0574 e. The maximum absolute atomic E-state index is 9.59. The fourth-order valence-corrected chi connectivity index (χ4v) is 2.94. The van der Waals surface area contributed by atoms with Crippen LogP contribution >= 0.6 is 27.5 Å². The second-order valence-electron chi connectivity index (χ2n) is 4.80. The van der Waals surface area contributed by atoms with E-state index >= 15 is 0 Å². The van der Waals surface area contributed by atoms with Gasteiger partial charge in [-0.3, -0.25) is 0 Å². The van der Waals surface area contributed by atoms with Gasteiger partial charge in [0.1, 0.15) is 0 Å². The fraction of sp³-hybridized carbons (Fsp3) is 0.571. The molecule has 4 heteroatoms. The quantitative estimate of drug-likeness (QED) is 0.841. The molecule has 1 aliphatic rings. The Morgan fingerprint density at radius 1 is 1.44 bits per heavy atom. The van der Waals surface area contributed by atoms with E-state index in [2.05, 4.69) is 33.8 Å². The minimum Gasteiger partial charge on any atom is -0.393 e. The Balaban J connectivity index is 2.26. The lowest BCUT2D eigenvalue weighted by atomic mass is 10.0. The summed E-state index contributed by atoms with van der Waals surface area (Å²) in [7, 11) is 0. The van der Waals surface area contributed by atoms with Crippen LogP contribution in [0.1, 0.15) is 36.6 Å². The molecule has 0 bridgehead atoms. The number of hydrogen-bond donors (Lipinski definition) is 1. The molecule has 100 valence electrons. The molecule has 0 radical (unpaired) electrons. The highest BCUT2D eigenvalue weighted by Crippen LogP contribution is 2.36. The van der Waals surface area contributed by atoms with Gasteiger partial charge in [-0.25, -0.2) is 0 Å². The van der Waals surface area contributed by atoms with E-state index in [4.69, 9.17) is 11.6 Å². The van der Waals surface area contributed by atoms with Crippen LogP contribution < -0.4 is 4.90 Å². The number of alkyl halides is 1. The molecule has 1 saturated heterocycles. The van der Waals surface area contributed by atoms with E-state index in [0.29, 0.717) is 4.83 Å². The van der Waals surface area contributed by atoms with Crippen LogP contribution in [0.5, 0.6) is 0 Å². The summed E-state index contributed by atoms with van der Waals surface area (Å²) in [6.07, 6.45) is 2.59. The summed E-state index contributed by atoms with van der Waals surface area (Å²) in [5.41, 5.74) is 2.50. The number of aliphatic hydroxyl groups is 1. The van der Waals surface area contributed by atoms with Gasteiger partial charge in [-0.15, -0.1) is 0 Å². The van der Waals surface area contributed by atoms with Crippen molar-refractivity contribution in [3.05, 3.63) is 28.8 Å². The van der Waals surface area contributed by atoms with Gasteiger partial charge in [0.2, 0.25) is 0 Å². The van der Waals surface area contributed by atoms with Crippen LogP contribution in [0.15, 0.2) is 18.2 Å². The van der Waals surface area contributed by atoms with Crippen molar-refractivity contribution in [1.29, 1.82) is 0 Å². The zero-order chi connectivity index (χ0) is 13.1.